The molecule has 0 aromatic rings. The number of hydrogen-bond acceptors (Lipinski definition) is 1. The Labute approximate surface area is 94.2 Å². The highest BCUT2D eigenvalue weighted by atomic mass is 15.2. The van der Waals surface area contributed by atoms with E-state index in [0.29, 0.717) is 11.0 Å². The van der Waals surface area contributed by atoms with Crippen molar-refractivity contribution in [2.75, 3.05) is 13.6 Å². The van der Waals surface area contributed by atoms with Crippen LogP contribution in [0.25, 0.3) is 0 Å². The first-order valence-corrected chi connectivity index (χ1v) is 6.61. The largest absolute Gasteiger partial charge is 0.300 e. The van der Waals surface area contributed by atoms with Gasteiger partial charge in [0, 0.05) is 5.54 Å². The predicted molar refractivity (Wildman–Crippen MR) is 63.8 cm³/mol. The van der Waals surface area contributed by atoms with Crippen molar-refractivity contribution in [2.24, 2.45) is 16.7 Å². The number of fused-ring (bicyclic) bond motifs is 1. The smallest absolute Gasteiger partial charge is 0.0288 e. The molecule has 2 saturated carbocycles. The molecule has 0 radical (unpaired) electrons. The van der Waals surface area contributed by atoms with E-state index in [-0.39, 0.29) is 0 Å². The molecule has 2 atom stereocenters. The van der Waals surface area contributed by atoms with E-state index < -0.39 is 0 Å². The predicted octanol–water partition coefficient (Wildman–Crippen LogP) is 3.30. The molecule has 1 spiro atoms. The maximum absolute atomic E-state index is 2.70. The van der Waals surface area contributed by atoms with Crippen LogP contribution >= 0.6 is 0 Å². The van der Waals surface area contributed by atoms with Gasteiger partial charge in [-0.15, -0.1) is 0 Å². The molecular weight excluding hydrogens is 182 g/mol. The van der Waals surface area contributed by atoms with Crippen LogP contribution in [0.3, 0.4) is 0 Å². The Hall–Kier alpha value is -0.0400. The summed E-state index contributed by atoms with van der Waals surface area (Å²) in [5.41, 5.74) is 1.78. The van der Waals surface area contributed by atoms with Gasteiger partial charge in [0.2, 0.25) is 0 Å². The lowest BCUT2D eigenvalue weighted by Gasteiger charge is -2.48. The SMILES string of the molecule is CN1CCC2CC3(CC3)CC21C(C)(C)C. The Balaban J connectivity index is 2.00. The fraction of sp³-hybridized carbons (Fsp3) is 1.00. The molecule has 0 bridgehead atoms. The fourth-order valence-electron chi connectivity index (χ4n) is 4.82. The minimum Gasteiger partial charge on any atom is -0.300 e. The monoisotopic (exact) mass is 207 g/mol. The zero-order chi connectivity index (χ0) is 10.9. The zero-order valence-electron chi connectivity index (χ0n) is 10.8. The first kappa shape index (κ1) is 10.1. The Morgan fingerprint density at radius 1 is 1.20 bits per heavy atom. The van der Waals surface area contributed by atoms with Crippen LogP contribution < -0.4 is 0 Å². The maximum Gasteiger partial charge on any atom is 0.0288 e. The molecule has 0 N–H and O–H groups in total. The van der Waals surface area contributed by atoms with Crippen molar-refractivity contribution in [2.45, 2.75) is 58.4 Å². The molecule has 1 saturated heterocycles. The van der Waals surface area contributed by atoms with Gasteiger partial charge in [0.15, 0.2) is 0 Å². The lowest BCUT2D eigenvalue weighted by molar-refractivity contribution is 0.0237. The highest BCUT2D eigenvalue weighted by Crippen LogP contribution is 2.69. The van der Waals surface area contributed by atoms with Crippen LogP contribution in [0.4, 0.5) is 0 Å². The third kappa shape index (κ3) is 1.13. The summed E-state index contributed by atoms with van der Waals surface area (Å²) in [4.78, 5) is 2.70. The van der Waals surface area contributed by atoms with Gasteiger partial charge in [-0.1, -0.05) is 20.8 Å². The zero-order valence-corrected chi connectivity index (χ0v) is 10.8. The number of nitrogens with zero attached hydrogens (tertiary/aromatic N) is 1. The van der Waals surface area contributed by atoms with Crippen molar-refractivity contribution in [1.82, 2.24) is 4.90 Å². The molecule has 2 aliphatic carbocycles. The van der Waals surface area contributed by atoms with Crippen molar-refractivity contribution in [3.05, 3.63) is 0 Å². The first-order valence-electron chi connectivity index (χ1n) is 6.61. The number of likely N-dealkylation sites (tertiary alicyclic amines) is 1. The van der Waals surface area contributed by atoms with Crippen molar-refractivity contribution >= 4 is 0 Å². The second-order valence-corrected chi connectivity index (χ2v) is 7.46. The highest BCUT2D eigenvalue weighted by molar-refractivity contribution is 5.19. The molecule has 0 aromatic carbocycles. The molecule has 3 fully saturated rings. The number of hydrogen-bond donors (Lipinski definition) is 0. The van der Waals surface area contributed by atoms with E-state index >= 15 is 0 Å². The summed E-state index contributed by atoms with van der Waals surface area (Å²) >= 11 is 0. The molecule has 1 aliphatic heterocycles. The minimum absolute atomic E-state index is 0.453. The summed E-state index contributed by atoms with van der Waals surface area (Å²) < 4.78 is 0. The average Bonchev–Trinajstić information content (AvgIpc) is 2.63. The van der Waals surface area contributed by atoms with E-state index in [0.717, 1.165) is 11.3 Å². The Bertz CT molecular complexity index is 284. The van der Waals surface area contributed by atoms with Crippen molar-refractivity contribution in [1.29, 1.82) is 0 Å². The maximum atomic E-state index is 2.70. The van der Waals surface area contributed by atoms with E-state index in [1.807, 2.05) is 0 Å². The average molecular weight is 207 g/mol. The van der Waals surface area contributed by atoms with Gasteiger partial charge in [-0.05, 0) is 62.4 Å². The normalized spacial score (nSPS) is 43.6. The minimum atomic E-state index is 0.453. The Morgan fingerprint density at radius 3 is 2.33 bits per heavy atom. The van der Waals surface area contributed by atoms with Gasteiger partial charge in [-0.3, -0.25) is 4.90 Å². The quantitative estimate of drug-likeness (QED) is 0.589. The summed E-state index contributed by atoms with van der Waals surface area (Å²) in [6.07, 6.45) is 7.53. The lowest BCUT2D eigenvalue weighted by Crippen LogP contribution is -2.53. The summed E-state index contributed by atoms with van der Waals surface area (Å²) in [5, 5.41) is 0. The summed E-state index contributed by atoms with van der Waals surface area (Å²) in [5.74, 6) is 0.991. The van der Waals surface area contributed by atoms with Crippen LogP contribution in [-0.4, -0.2) is 24.0 Å². The van der Waals surface area contributed by atoms with E-state index in [1.54, 1.807) is 0 Å². The van der Waals surface area contributed by atoms with Gasteiger partial charge in [0.25, 0.3) is 0 Å². The molecule has 2 unspecified atom stereocenters. The van der Waals surface area contributed by atoms with E-state index in [1.165, 1.54) is 38.6 Å². The fourth-order valence-corrected chi connectivity index (χ4v) is 4.82. The van der Waals surface area contributed by atoms with Gasteiger partial charge < -0.3 is 0 Å². The second kappa shape index (κ2) is 2.61. The molecular formula is C14H25N. The third-order valence-corrected chi connectivity index (χ3v) is 5.75. The van der Waals surface area contributed by atoms with Crippen molar-refractivity contribution < 1.29 is 0 Å². The molecule has 1 nitrogen and oxygen atoms in total. The van der Waals surface area contributed by atoms with Crippen molar-refractivity contribution in [3.63, 3.8) is 0 Å². The van der Waals surface area contributed by atoms with Gasteiger partial charge in [-0.2, -0.15) is 0 Å². The van der Waals surface area contributed by atoms with E-state index in [9.17, 15) is 0 Å². The molecule has 0 aromatic heterocycles. The van der Waals surface area contributed by atoms with Gasteiger partial charge in [-0.25, -0.2) is 0 Å². The molecule has 86 valence electrons. The highest BCUT2D eigenvalue weighted by Gasteiger charge is 2.66. The van der Waals surface area contributed by atoms with Crippen LogP contribution in [0.5, 0.6) is 0 Å². The molecule has 0 amide bonds. The molecule has 15 heavy (non-hydrogen) atoms. The summed E-state index contributed by atoms with van der Waals surface area (Å²) in [6, 6.07) is 0. The number of rotatable bonds is 0. The van der Waals surface area contributed by atoms with Crippen LogP contribution in [0.2, 0.25) is 0 Å². The van der Waals surface area contributed by atoms with Crippen LogP contribution in [0.1, 0.15) is 52.9 Å². The Morgan fingerprint density at radius 2 is 1.87 bits per heavy atom. The lowest BCUT2D eigenvalue weighted by atomic mass is 9.68. The van der Waals surface area contributed by atoms with E-state index in [4.69, 9.17) is 0 Å². The van der Waals surface area contributed by atoms with Crippen molar-refractivity contribution in [3.8, 4) is 0 Å². The summed E-state index contributed by atoms with van der Waals surface area (Å²) in [7, 11) is 2.37. The Kier molecular flexibility index (Phi) is 1.77. The van der Waals surface area contributed by atoms with E-state index in [2.05, 4.69) is 32.7 Å². The standard InChI is InChI=1S/C14H25N/c1-12(2,3)14-10-13(6-7-13)9-11(14)5-8-15(14)4/h11H,5-10H2,1-4H3. The summed E-state index contributed by atoms with van der Waals surface area (Å²) in [6.45, 7) is 8.72. The molecule has 3 aliphatic rings. The topological polar surface area (TPSA) is 3.24 Å². The first-order chi connectivity index (χ1) is 6.90. The van der Waals surface area contributed by atoms with Gasteiger partial charge >= 0.3 is 0 Å². The molecule has 1 heterocycles. The molecule has 1 heteroatoms. The third-order valence-electron chi connectivity index (χ3n) is 5.75. The van der Waals surface area contributed by atoms with Crippen LogP contribution in [0, 0.1) is 16.7 Å². The van der Waals surface area contributed by atoms with Crippen LogP contribution in [-0.2, 0) is 0 Å². The van der Waals surface area contributed by atoms with Gasteiger partial charge in [0.1, 0.15) is 0 Å². The molecule has 3 rings (SSSR count). The van der Waals surface area contributed by atoms with Gasteiger partial charge in [0.05, 0.1) is 0 Å². The van der Waals surface area contributed by atoms with Crippen LogP contribution in [0.15, 0.2) is 0 Å². The second-order valence-electron chi connectivity index (χ2n) is 7.46.